The number of nitrogens with zero attached hydrogens (tertiary/aromatic N) is 4. The Morgan fingerprint density at radius 1 is 1.29 bits per heavy atom. The molecule has 5 rings (SSSR count). The number of nitriles is 1. The fourth-order valence-corrected chi connectivity index (χ4v) is 5.68. The van der Waals surface area contributed by atoms with Crippen LogP contribution in [0.25, 0.3) is 22.3 Å². The summed E-state index contributed by atoms with van der Waals surface area (Å²) >= 11 is 0. The smallest absolute Gasteiger partial charge is 0.162 e. The van der Waals surface area contributed by atoms with Crippen molar-refractivity contribution in [2.45, 2.75) is 30.6 Å². The number of aromatic amines is 1. The molecule has 0 spiro atoms. The van der Waals surface area contributed by atoms with Crippen molar-refractivity contribution in [2.75, 3.05) is 30.9 Å². The number of hydrogen-bond acceptors (Lipinski definition) is 7. The molecule has 0 radical (unpaired) electrons. The minimum absolute atomic E-state index is 0.107. The van der Waals surface area contributed by atoms with Gasteiger partial charge in [0, 0.05) is 41.5 Å². The number of anilines is 1. The third-order valence-electron chi connectivity index (χ3n) is 6.29. The standard InChI is InChI=1S/C22H23N5O3S/c1-14-13-30-8-7-27(14)20-11-19(22(4-5-22)31(2,28)29)25-21(26-20)17-9-15(12-23)10-18-16(17)3-6-24-18/h3,6,9-11,14,24H,4-5,7-8,13H2,1-2H3/t14-/m1/s1. The third-order valence-corrected chi connectivity index (χ3v) is 8.33. The van der Waals surface area contributed by atoms with Crippen LogP contribution in [0, 0.1) is 11.3 Å². The highest BCUT2D eigenvalue weighted by Crippen LogP contribution is 2.52. The average molecular weight is 438 g/mol. The molecule has 2 fully saturated rings. The maximum absolute atomic E-state index is 12.6. The average Bonchev–Trinajstić information content (AvgIpc) is 3.45. The lowest BCUT2D eigenvalue weighted by molar-refractivity contribution is 0.0985. The topological polar surface area (TPSA) is 112 Å². The second kappa shape index (κ2) is 7.04. The highest BCUT2D eigenvalue weighted by molar-refractivity contribution is 7.91. The highest BCUT2D eigenvalue weighted by Gasteiger charge is 2.55. The van der Waals surface area contributed by atoms with Gasteiger partial charge in [0.25, 0.3) is 0 Å². The van der Waals surface area contributed by atoms with Gasteiger partial charge >= 0.3 is 0 Å². The number of morpholine rings is 1. The fourth-order valence-electron chi connectivity index (χ4n) is 4.35. The Kier molecular flexibility index (Phi) is 4.53. The van der Waals surface area contributed by atoms with Crippen LogP contribution in [0.5, 0.6) is 0 Å². The molecule has 0 bridgehead atoms. The van der Waals surface area contributed by atoms with Crippen LogP contribution in [0.2, 0.25) is 0 Å². The van der Waals surface area contributed by atoms with E-state index in [9.17, 15) is 13.7 Å². The van der Waals surface area contributed by atoms with Crippen molar-refractivity contribution in [1.29, 1.82) is 5.26 Å². The van der Waals surface area contributed by atoms with Gasteiger partial charge < -0.3 is 14.6 Å². The van der Waals surface area contributed by atoms with Crippen LogP contribution in [-0.4, -0.2) is 55.4 Å². The van der Waals surface area contributed by atoms with Gasteiger partial charge in [0.1, 0.15) is 10.6 Å². The molecule has 160 valence electrons. The predicted octanol–water partition coefficient (Wildman–Crippen LogP) is 2.76. The SMILES string of the molecule is C[C@@H]1COCCN1c1cc(C2(S(C)(=O)=O)CC2)nc(-c2cc(C#N)cc3[nH]ccc23)n1. The van der Waals surface area contributed by atoms with Gasteiger partial charge in [-0.25, -0.2) is 18.4 Å². The number of hydrogen-bond donors (Lipinski definition) is 1. The maximum Gasteiger partial charge on any atom is 0.162 e. The Bertz CT molecular complexity index is 1320. The zero-order valence-corrected chi connectivity index (χ0v) is 18.2. The van der Waals surface area contributed by atoms with E-state index in [4.69, 9.17) is 14.7 Å². The van der Waals surface area contributed by atoms with Crippen molar-refractivity contribution < 1.29 is 13.2 Å². The summed E-state index contributed by atoms with van der Waals surface area (Å²) in [5.41, 5.74) is 2.54. The van der Waals surface area contributed by atoms with Crippen LogP contribution in [-0.2, 0) is 19.3 Å². The van der Waals surface area contributed by atoms with Crippen molar-refractivity contribution in [2.24, 2.45) is 0 Å². The largest absolute Gasteiger partial charge is 0.377 e. The highest BCUT2D eigenvalue weighted by atomic mass is 32.2. The van der Waals surface area contributed by atoms with Crippen molar-refractivity contribution in [3.63, 3.8) is 0 Å². The second-order valence-corrected chi connectivity index (χ2v) is 10.7. The molecule has 2 aromatic heterocycles. The first-order chi connectivity index (χ1) is 14.8. The van der Waals surface area contributed by atoms with Gasteiger partial charge in [0.05, 0.1) is 36.6 Å². The van der Waals surface area contributed by atoms with E-state index < -0.39 is 14.6 Å². The Morgan fingerprint density at radius 3 is 2.77 bits per heavy atom. The van der Waals surface area contributed by atoms with Crippen LogP contribution in [0.4, 0.5) is 5.82 Å². The molecule has 1 saturated carbocycles. The summed E-state index contributed by atoms with van der Waals surface area (Å²) in [6.45, 7) is 3.89. The predicted molar refractivity (Wildman–Crippen MR) is 117 cm³/mol. The quantitative estimate of drug-likeness (QED) is 0.668. The molecule has 1 aliphatic carbocycles. The summed E-state index contributed by atoms with van der Waals surface area (Å²) in [6, 6.07) is 9.58. The Morgan fingerprint density at radius 2 is 2.10 bits per heavy atom. The van der Waals surface area contributed by atoms with Crippen LogP contribution in [0.1, 0.15) is 31.0 Å². The normalized spacial score (nSPS) is 20.5. The van der Waals surface area contributed by atoms with E-state index in [-0.39, 0.29) is 6.04 Å². The second-order valence-electron chi connectivity index (χ2n) is 8.39. The van der Waals surface area contributed by atoms with Crippen molar-refractivity contribution in [3.8, 4) is 17.5 Å². The van der Waals surface area contributed by atoms with E-state index in [1.54, 1.807) is 12.1 Å². The van der Waals surface area contributed by atoms with Gasteiger partial charge in [-0.15, -0.1) is 0 Å². The number of nitrogens with one attached hydrogen (secondary N) is 1. The first-order valence-electron chi connectivity index (χ1n) is 10.3. The molecule has 1 saturated heterocycles. The number of aromatic nitrogens is 3. The summed E-state index contributed by atoms with van der Waals surface area (Å²) in [4.78, 5) is 14.9. The summed E-state index contributed by atoms with van der Waals surface area (Å²) in [5.74, 6) is 1.12. The molecule has 1 aliphatic heterocycles. The van der Waals surface area contributed by atoms with Crippen molar-refractivity contribution >= 4 is 26.6 Å². The van der Waals surface area contributed by atoms with E-state index in [0.29, 0.717) is 61.1 Å². The summed E-state index contributed by atoms with van der Waals surface area (Å²) < 4.78 is 29.9. The van der Waals surface area contributed by atoms with Crippen molar-refractivity contribution in [1.82, 2.24) is 15.0 Å². The Balaban J connectivity index is 1.75. The summed E-state index contributed by atoms with van der Waals surface area (Å²) in [6.07, 6.45) is 4.19. The Labute approximate surface area is 180 Å². The van der Waals surface area contributed by atoms with Gasteiger partial charge in [0.2, 0.25) is 0 Å². The molecule has 9 heteroatoms. The van der Waals surface area contributed by atoms with Crippen LogP contribution in [0.15, 0.2) is 30.5 Å². The molecule has 0 amide bonds. The summed E-state index contributed by atoms with van der Waals surface area (Å²) in [7, 11) is -3.34. The fraction of sp³-hybridized carbons (Fsp3) is 0.409. The van der Waals surface area contributed by atoms with Gasteiger partial charge in [-0.2, -0.15) is 5.26 Å². The molecule has 1 N–H and O–H groups in total. The number of rotatable bonds is 4. The number of fused-ring (bicyclic) bond motifs is 1. The monoisotopic (exact) mass is 437 g/mol. The molecule has 8 nitrogen and oxygen atoms in total. The zero-order valence-electron chi connectivity index (χ0n) is 17.4. The lowest BCUT2D eigenvalue weighted by Gasteiger charge is -2.34. The van der Waals surface area contributed by atoms with Crippen LogP contribution < -0.4 is 4.90 Å². The van der Waals surface area contributed by atoms with Crippen molar-refractivity contribution in [3.05, 3.63) is 41.7 Å². The van der Waals surface area contributed by atoms with E-state index >= 15 is 0 Å². The minimum atomic E-state index is -3.34. The van der Waals surface area contributed by atoms with E-state index in [1.807, 2.05) is 18.3 Å². The van der Waals surface area contributed by atoms with Gasteiger partial charge in [-0.1, -0.05) is 0 Å². The first kappa shape index (κ1) is 20.0. The summed E-state index contributed by atoms with van der Waals surface area (Å²) in [5, 5.41) is 10.4. The van der Waals surface area contributed by atoms with Crippen LogP contribution >= 0.6 is 0 Å². The van der Waals surface area contributed by atoms with E-state index in [0.717, 1.165) is 10.9 Å². The van der Waals surface area contributed by atoms with Gasteiger partial charge in [-0.05, 0) is 38.0 Å². The number of H-pyrrole nitrogens is 1. The molecule has 31 heavy (non-hydrogen) atoms. The van der Waals surface area contributed by atoms with E-state index in [1.165, 1.54) is 6.26 Å². The van der Waals surface area contributed by atoms with Gasteiger partial charge in [0.15, 0.2) is 15.7 Å². The minimum Gasteiger partial charge on any atom is -0.377 e. The van der Waals surface area contributed by atoms with Gasteiger partial charge in [-0.3, -0.25) is 0 Å². The maximum atomic E-state index is 12.6. The number of sulfone groups is 1. The molecular formula is C22H23N5O3S. The van der Waals surface area contributed by atoms with E-state index in [2.05, 4.69) is 22.9 Å². The molecule has 2 aliphatic rings. The Hall–Kier alpha value is -2.96. The first-order valence-corrected chi connectivity index (χ1v) is 12.2. The molecular weight excluding hydrogens is 414 g/mol. The number of ether oxygens (including phenoxy) is 1. The number of benzene rings is 1. The van der Waals surface area contributed by atoms with Crippen LogP contribution in [0.3, 0.4) is 0 Å². The molecule has 1 atom stereocenters. The molecule has 0 unspecified atom stereocenters. The lowest BCUT2D eigenvalue weighted by Crippen LogP contribution is -2.44. The molecule has 3 heterocycles. The molecule has 1 aromatic carbocycles. The zero-order chi connectivity index (χ0) is 21.8. The molecule has 3 aromatic rings. The lowest BCUT2D eigenvalue weighted by atomic mass is 10.1. The third kappa shape index (κ3) is 3.27.